The van der Waals surface area contributed by atoms with E-state index < -0.39 is 28.7 Å². The number of methoxy groups -OCH3 is 1. The SMILES string of the molecule is COC(=O)C1C(C)=NC(C)=C(C(=O)OCCCCCCCCCCCN)C1c1cccc([N+](=O)[O-])c1. The van der Waals surface area contributed by atoms with Gasteiger partial charge < -0.3 is 15.2 Å². The van der Waals surface area contributed by atoms with Gasteiger partial charge in [-0.25, -0.2) is 4.79 Å². The zero-order valence-electron chi connectivity index (χ0n) is 21.7. The van der Waals surface area contributed by atoms with Gasteiger partial charge in [-0.3, -0.25) is 19.9 Å². The van der Waals surface area contributed by atoms with E-state index in [-0.39, 0.29) is 17.9 Å². The fourth-order valence-electron chi connectivity index (χ4n) is 4.65. The summed E-state index contributed by atoms with van der Waals surface area (Å²) in [7, 11) is 1.27. The highest BCUT2D eigenvalue weighted by atomic mass is 16.6. The Labute approximate surface area is 213 Å². The normalized spacial score (nSPS) is 17.5. The van der Waals surface area contributed by atoms with E-state index >= 15 is 0 Å². The summed E-state index contributed by atoms with van der Waals surface area (Å²) >= 11 is 0. The third kappa shape index (κ3) is 8.26. The first-order valence-electron chi connectivity index (χ1n) is 12.8. The molecule has 1 aromatic rings. The maximum atomic E-state index is 13.2. The molecule has 0 spiro atoms. The Morgan fingerprint density at radius 1 is 1.03 bits per heavy atom. The number of carbonyl (C=O) groups excluding carboxylic acids is 2. The van der Waals surface area contributed by atoms with E-state index in [0.717, 1.165) is 38.6 Å². The molecular weight excluding hydrogens is 462 g/mol. The van der Waals surface area contributed by atoms with Crippen LogP contribution in [0.4, 0.5) is 5.69 Å². The topological polar surface area (TPSA) is 134 Å². The molecule has 1 aliphatic heterocycles. The first-order chi connectivity index (χ1) is 17.3. The summed E-state index contributed by atoms with van der Waals surface area (Å²) in [5, 5.41) is 11.4. The number of nitro groups is 1. The zero-order valence-corrected chi connectivity index (χ0v) is 21.7. The minimum Gasteiger partial charge on any atom is -0.468 e. The Morgan fingerprint density at radius 2 is 1.64 bits per heavy atom. The van der Waals surface area contributed by atoms with Crippen LogP contribution in [0.2, 0.25) is 0 Å². The summed E-state index contributed by atoms with van der Waals surface area (Å²) in [5.41, 5.74) is 7.00. The van der Waals surface area contributed by atoms with E-state index in [4.69, 9.17) is 15.2 Å². The van der Waals surface area contributed by atoms with Crippen molar-refractivity contribution in [2.45, 2.75) is 77.6 Å². The standard InChI is InChI=1S/C27H39N3O6/c1-19-23(26(31)35-3)25(21-14-13-15-22(18-21)30(33)34)24(20(2)29-19)27(32)36-17-12-10-8-6-4-5-7-9-11-16-28/h13-15,18,23,25H,4-12,16-17,28H2,1-3H3. The largest absolute Gasteiger partial charge is 0.468 e. The first-order valence-corrected chi connectivity index (χ1v) is 12.8. The van der Waals surface area contributed by atoms with Crippen molar-refractivity contribution in [3.63, 3.8) is 0 Å². The van der Waals surface area contributed by atoms with Gasteiger partial charge in [0.2, 0.25) is 0 Å². The number of hydrogen-bond donors (Lipinski definition) is 1. The molecule has 198 valence electrons. The van der Waals surface area contributed by atoms with Gasteiger partial charge in [-0.1, -0.05) is 57.1 Å². The maximum Gasteiger partial charge on any atom is 0.336 e. The van der Waals surface area contributed by atoms with Crippen LogP contribution in [0.25, 0.3) is 0 Å². The van der Waals surface area contributed by atoms with Crippen molar-refractivity contribution in [2.75, 3.05) is 20.3 Å². The second kappa shape index (κ2) is 15.1. The Morgan fingerprint density at radius 3 is 2.22 bits per heavy atom. The summed E-state index contributed by atoms with van der Waals surface area (Å²) in [6.45, 7) is 4.40. The molecule has 36 heavy (non-hydrogen) atoms. The van der Waals surface area contributed by atoms with E-state index in [1.807, 2.05) is 0 Å². The number of benzene rings is 1. The molecule has 2 N–H and O–H groups in total. The maximum absolute atomic E-state index is 13.2. The lowest BCUT2D eigenvalue weighted by Crippen LogP contribution is -2.36. The molecule has 0 amide bonds. The molecule has 9 heteroatoms. The van der Waals surface area contributed by atoms with Gasteiger partial charge in [0.1, 0.15) is 5.92 Å². The van der Waals surface area contributed by atoms with Crippen molar-refractivity contribution in [1.82, 2.24) is 0 Å². The molecule has 2 atom stereocenters. The van der Waals surface area contributed by atoms with Gasteiger partial charge in [-0.2, -0.15) is 0 Å². The van der Waals surface area contributed by atoms with Crippen LogP contribution in [0.5, 0.6) is 0 Å². The van der Waals surface area contributed by atoms with Crippen molar-refractivity contribution in [3.8, 4) is 0 Å². The molecule has 1 aromatic carbocycles. The zero-order chi connectivity index (χ0) is 26.5. The van der Waals surface area contributed by atoms with Crippen LogP contribution in [-0.4, -0.2) is 42.8 Å². The molecule has 0 bridgehead atoms. The van der Waals surface area contributed by atoms with Gasteiger partial charge in [-0.05, 0) is 38.8 Å². The molecular formula is C27H39N3O6. The highest BCUT2D eigenvalue weighted by Crippen LogP contribution is 2.40. The second-order valence-electron chi connectivity index (χ2n) is 9.19. The molecule has 2 rings (SSSR count). The van der Waals surface area contributed by atoms with Crippen LogP contribution in [0.3, 0.4) is 0 Å². The van der Waals surface area contributed by atoms with Crippen molar-refractivity contribution >= 4 is 23.3 Å². The third-order valence-electron chi connectivity index (χ3n) is 6.53. The Hall–Kier alpha value is -3.07. The Bertz CT molecular complexity index is 972. The highest BCUT2D eigenvalue weighted by Gasteiger charge is 2.42. The van der Waals surface area contributed by atoms with E-state index in [1.165, 1.54) is 44.9 Å². The summed E-state index contributed by atoms with van der Waals surface area (Å²) in [4.78, 5) is 41.2. The average molecular weight is 502 g/mol. The third-order valence-corrected chi connectivity index (χ3v) is 6.53. The van der Waals surface area contributed by atoms with Crippen molar-refractivity contribution in [2.24, 2.45) is 16.6 Å². The number of esters is 2. The van der Waals surface area contributed by atoms with E-state index in [2.05, 4.69) is 4.99 Å². The minimum absolute atomic E-state index is 0.124. The van der Waals surface area contributed by atoms with Gasteiger partial charge in [0.05, 0.1) is 24.2 Å². The lowest BCUT2D eigenvalue weighted by atomic mass is 9.75. The lowest BCUT2D eigenvalue weighted by molar-refractivity contribution is -0.384. The van der Waals surface area contributed by atoms with E-state index in [0.29, 0.717) is 17.0 Å². The van der Waals surface area contributed by atoms with Crippen LogP contribution < -0.4 is 5.73 Å². The van der Waals surface area contributed by atoms with Crippen LogP contribution in [-0.2, 0) is 19.1 Å². The number of ether oxygens (including phenoxy) is 2. The summed E-state index contributed by atoms with van der Waals surface area (Å²) in [6, 6.07) is 5.97. The predicted octanol–water partition coefficient (Wildman–Crippen LogP) is 5.23. The molecule has 0 saturated carbocycles. The molecule has 2 unspecified atom stereocenters. The highest BCUT2D eigenvalue weighted by molar-refractivity contribution is 6.07. The second-order valence-corrected chi connectivity index (χ2v) is 9.19. The molecule has 1 heterocycles. The number of hydrogen-bond acceptors (Lipinski definition) is 8. The van der Waals surface area contributed by atoms with Crippen LogP contribution in [0, 0.1) is 16.0 Å². The number of carbonyl (C=O) groups is 2. The smallest absolute Gasteiger partial charge is 0.336 e. The molecule has 0 fully saturated rings. The van der Waals surface area contributed by atoms with Crippen molar-refractivity contribution < 1.29 is 24.0 Å². The fraction of sp³-hybridized carbons (Fsp3) is 0.593. The van der Waals surface area contributed by atoms with Gasteiger partial charge in [0, 0.05) is 29.5 Å². The molecule has 0 aliphatic carbocycles. The monoisotopic (exact) mass is 501 g/mol. The number of allylic oxidation sites excluding steroid dienone is 1. The molecule has 9 nitrogen and oxygen atoms in total. The van der Waals surface area contributed by atoms with Gasteiger partial charge in [-0.15, -0.1) is 0 Å². The number of nitro benzene ring substituents is 1. The van der Waals surface area contributed by atoms with Gasteiger partial charge in [0.25, 0.3) is 5.69 Å². The number of nitrogens with two attached hydrogens (primary N) is 1. The van der Waals surface area contributed by atoms with Crippen LogP contribution in [0.1, 0.15) is 83.1 Å². The molecule has 1 aliphatic rings. The van der Waals surface area contributed by atoms with E-state index in [1.54, 1.807) is 26.0 Å². The first kappa shape index (κ1) is 29.2. The number of unbranched alkanes of at least 4 members (excludes halogenated alkanes) is 8. The molecule has 0 saturated heterocycles. The number of non-ortho nitro benzene ring substituents is 1. The van der Waals surface area contributed by atoms with Crippen molar-refractivity contribution in [1.29, 1.82) is 0 Å². The quantitative estimate of drug-likeness (QED) is 0.150. The van der Waals surface area contributed by atoms with Crippen molar-refractivity contribution in [3.05, 3.63) is 51.2 Å². The molecule has 0 aromatic heterocycles. The fourth-order valence-corrected chi connectivity index (χ4v) is 4.65. The average Bonchev–Trinajstić information content (AvgIpc) is 2.86. The Kier molecular flexibility index (Phi) is 12.3. The summed E-state index contributed by atoms with van der Waals surface area (Å²) in [6.07, 6.45) is 9.89. The Balaban J connectivity index is 2.05. The van der Waals surface area contributed by atoms with Gasteiger partial charge >= 0.3 is 11.9 Å². The summed E-state index contributed by atoms with van der Waals surface area (Å²) in [5.74, 6) is -2.79. The van der Waals surface area contributed by atoms with Crippen LogP contribution >= 0.6 is 0 Å². The number of nitrogens with zero attached hydrogens (tertiary/aromatic N) is 2. The predicted molar refractivity (Wildman–Crippen MR) is 139 cm³/mol. The molecule has 0 radical (unpaired) electrons. The minimum atomic E-state index is -0.881. The van der Waals surface area contributed by atoms with Crippen LogP contribution in [0.15, 0.2) is 40.5 Å². The van der Waals surface area contributed by atoms with Gasteiger partial charge in [0.15, 0.2) is 0 Å². The lowest BCUT2D eigenvalue weighted by Gasteiger charge is -2.31. The number of rotatable bonds is 15. The van der Waals surface area contributed by atoms with E-state index in [9.17, 15) is 19.7 Å². The number of aliphatic imine (C=N–C) groups is 1. The summed E-state index contributed by atoms with van der Waals surface area (Å²) < 4.78 is 10.6.